The quantitative estimate of drug-likeness (QED) is 0.579. The molecule has 1 saturated heterocycles. The van der Waals surface area contributed by atoms with Crippen LogP contribution in [0.4, 0.5) is 10.1 Å². The van der Waals surface area contributed by atoms with Crippen molar-refractivity contribution >= 4 is 22.2 Å². The molecule has 1 aromatic carbocycles. The van der Waals surface area contributed by atoms with Crippen LogP contribution in [0.25, 0.3) is 27.9 Å². The lowest BCUT2D eigenvalue weighted by atomic mass is 10.1. The van der Waals surface area contributed by atoms with Gasteiger partial charge in [0, 0.05) is 54.2 Å². The van der Waals surface area contributed by atoms with Crippen molar-refractivity contribution in [1.82, 2.24) is 29.9 Å². The standard InChI is InChI=1S/C20H20FN7/c1-12-8-27(9-13(2)24-12)16-3-4-18-14(5-16)7-22-19(25-18)15-6-17(21)20-26-23-11-28(20)10-15/h3-7,10-13,24H,8-9H2,1-2H3. The summed E-state index contributed by atoms with van der Waals surface area (Å²) in [5.41, 5.74) is 2.77. The molecule has 0 bridgehead atoms. The van der Waals surface area contributed by atoms with Crippen LogP contribution < -0.4 is 10.2 Å². The zero-order valence-corrected chi connectivity index (χ0v) is 15.7. The second-order valence-electron chi connectivity index (χ2n) is 7.45. The van der Waals surface area contributed by atoms with E-state index in [9.17, 15) is 4.39 Å². The molecular formula is C20H20FN7. The second kappa shape index (κ2) is 6.49. The van der Waals surface area contributed by atoms with Crippen molar-refractivity contribution in [1.29, 1.82) is 0 Å². The van der Waals surface area contributed by atoms with Gasteiger partial charge in [0.25, 0.3) is 0 Å². The van der Waals surface area contributed by atoms with Crippen molar-refractivity contribution in [2.45, 2.75) is 25.9 Å². The van der Waals surface area contributed by atoms with Crippen molar-refractivity contribution in [3.05, 3.63) is 48.8 Å². The van der Waals surface area contributed by atoms with Crippen molar-refractivity contribution in [2.24, 2.45) is 0 Å². The molecule has 3 aromatic heterocycles. The first-order valence-corrected chi connectivity index (χ1v) is 9.34. The third-order valence-corrected chi connectivity index (χ3v) is 5.09. The third kappa shape index (κ3) is 2.95. The number of halogens is 1. The van der Waals surface area contributed by atoms with E-state index in [2.05, 4.69) is 56.4 Å². The molecule has 4 heterocycles. The number of nitrogens with one attached hydrogen (secondary N) is 1. The molecule has 0 saturated carbocycles. The monoisotopic (exact) mass is 377 g/mol. The van der Waals surface area contributed by atoms with Gasteiger partial charge in [0.1, 0.15) is 6.33 Å². The molecule has 1 aliphatic rings. The number of rotatable bonds is 2. The van der Waals surface area contributed by atoms with Gasteiger partial charge in [-0.2, -0.15) is 0 Å². The summed E-state index contributed by atoms with van der Waals surface area (Å²) in [6, 6.07) is 8.49. The van der Waals surface area contributed by atoms with Gasteiger partial charge in [-0.05, 0) is 38.1 Å². The summed E-state index contributed by atoms with van der Waals surface area (Å²) >= 11 is 0. The molecule has 2 unspecified atom stereocenters. The van der Waals surface area contributed by atoms with Crippen LogP contribution in [-0.4, -0.2) is 49.7 Å². The van der Waals surface area contributed by atoms with Crippen molar-refractivity contribution in [3.63, 3.8) is 0 Å². The lowest BCUT2D eigenvalue weighted by molar-refractivity contribution is 0.407. The van der Waals surface area contributed by atoms with E-state index in [-0.39, 0.29) is 5.65 Å². The van der Waals surface area contributed by atoms with Crippen LogP contribution in [0.15, 0.2) is 43.0 Å². The zero-order chi connectivity index (χ0) is 19.3. The lowest BCUT2D eigenvalue weighted by Gasteiger charge is -2.37. The average molecular weight is 377 g/mol. The Labute approximate surface area is 161 Å². The summed E-state index contributed by atoms with van der Waals surface area (Å²) in [6.45, 7) is 6.33. The van der Waals surface area contributed by atoms with E-state index in [1.807, 2.05) is 6.07 Å². The van der Waals surface area contributed by atoms with Crippen LogP contribution in [0.5, 0.6) is 0 Å². The summed E-state index contributed by atoms with van der Waals surface area (Å²) in [4.78, 5) is 11.5. The SMILES string of the molecule is CC1CN(c2ccc3nc(-c4cc(F)c5nncn5c4)ncc3c2)CC(C)N1. The first-order valence-electron chi connectivity index (χ1n) is 9.34. The van der Waals surface area contributed by atoms with Crippen LogP contribution in [0, 0.1) is 5.82 Å². The molecule has 0 amide bonds. The minimum atomic E-state index is -0.448. The maximum absolute atomic E-state index is 14.2. The lowest BCUT2D eigenvalue weighted by Crippen LogP contribution is -2.54. The highest BCUT2D eigenvalue weighted by Crippen LogP contribution is 2.25. The van der Waals surface area contributed by atoms with E-state index in [0.29, 0.717) is 23.5 Å². The highest BCUT2D eigenvalue weighted by Gasteiger charge is 2.21. The van der Waals surface area contributed by atoms with Crippen LogP contribution in [-0.2, 0) is 0 Å². The van der Waals surface area contributed by atoms with Crippen molar-refractivity contribution in [3.8, 4) is 11.4 Å². The molecule has 7 nitrogen and oxygen atoms in total. The minimum Gasteiger partial charge on any atom is -0.368 e. The summed E-state index contributed by atoms with van der Waals surface area (Å²) in [5.74, 6) is 0.0233. The average Bonchev–Trinajstić information content (AvgIpc) is 3.16. The Kier molecular flexibility index (Phi) is 3.94. The molecule has 0 radical (unpaired) electrons. The molecule has 4 aromatic rings. The first kappa shape index (κ1) is 17.0. The molecule has 142 valence electrons. The Bertz CT molecular complexity index is 1160. The van der Waals surface area contributed by atoms with E-state index in [0.717, 1.165) is 24.0 Å². The maximum Gasteiger partial charge on any atom is 0.196 e. The molecule has 2 atom stereocenters. The summed E-state index contributed by atoms with van der Waals surface area (Å²) in [6.07, 6.45) is 4.99. The fourth-order valence-electron chi connectivity index (χ4n) is 3.91. The van der Waals surface area contributed by atoms with Crippen molar-refractivity contribution in [2.75, 3.05) is 18.0 Å². The van der Waals surface area contributed by atoms with E-state index in [4.69, 9.17) is 0 Å². The van der Waals surface area contributed by atoms with Crippen LogP contribution in [0.1, 0.15) is 13.8 Å². The number of benzene rings is 1. The summed E-state index contributed by atoms with van der Waals surface area (Å²) < 4.78 is 15.7. The van der Waals surface area contributed by atoms with E-state index >= 15 is 0 Å². The predicted octanol–water partition coefficient (Wildman–Crippen LogP) is 2.67. The predicted molar refractivity (Wildman–Crippen MR) is 106 cm³/mol. The molecular weight excluding hydrogens is 357 g/mol. The number of piperazine rings is 1. The molecule has 1 fully saturated rings. The van der Waals surface area contributed by atoms with Gasteiger partial charge in [-0.1, -0.05) is 0 Å². The fraction of sp³-hybridized carbons (Fsp3) is 0.300. The maximum atomic E-state index is 14.2. The van der Waals surface area contributed by atoms with Gasteiger partial charge in [0.2, 0.25) is 0 Å². The van der Waals surface area contributed by atoms with Gasteiger partial charge in [-0.3, -0.25) is 4.40 Å². The number of hydrogen-bond acceptors (Lipinski definition) is 6. The molecule has 1 N–H and O–H groups in total. The smallest absolute Gasteiger partial charge is 0.196 e. The third-order valence-electron chi connectivity index (χ3n) is 5.09. The molecule has 5 rings (SSSR count). The molecule has 8 heteroatoms. The minimum absolute atomic E-state index is 0.189. The zero-order valence-electron chi connectivity index (χ0n) is 15.7. The second-order valence-corrected chi connectivity index (χ2v) is 7.45. The van der Waals surface area contributed by atoms with Gasteiger partial charge in [0.15, 0.2) is 17.3 Å². The van der Waals surface area contributed by atoms with Gasteiger partial charge in [0.05, 0.1) is 5.52 Å². The largest absolute Gasteiger partial charge is 0.368 e. The summed E-state index contributed by atoms with van der Waals surface area (Å²) in [5, 5.41) is 12.0. The Morgan fingerprint density at radius 1 is 1.14 bits per heavy atom. The number of anilines is 1. The van der Waals surface area contributed by atoms with Gasteiger partial charge in [-0.15, -0.1) is 10.2 Å². The molecule has 0 spiro atoms. The highest BCUT2D eigenvalue weighted by atomic mass is 19.1. The van der Waals surface area contributed by atoms with Gasteiger partial charge < -0.3 is 10.2 Å². The van der Waals surface area contributed by atoms with Gasteiger partial charge >= 0.3 is 0 Å². The van der Waals surface area contributed by atoms with Crippen molar-refractivity contribution < 1.29 is 4.39 Å². The Morgan fingerprint density at radius 2 is 1.96 bits per heavy atom. The topological polar surface area (TPSA) is 71.2 Å². The van der Waals surface area contributed by atoms with Crippen LogP contribution in [0.3, 0.4) is 0 Å². The molecule has 0 aliphatic carbocycles. The van der Waals surface area contributed by atoms with E-state index < -0.39 is 5.82 Å². The fourth-order valence-corrected chi connectivity index (χ4v) is 3.91. The highest BCUT2D eigenvalue weighted by molar-refractivity contribution is 5.83. The first-order chi connectivity index (χ1) is 13.6. The Balaban J connectivity index is 1.51. The Hall–Kier alpha value is -3.13. The number of nitrogens with zero attached hydrogens (tertiary/aromatic N) is 6. The van der Waals surface area contributed by atoms with E-state index in [1.165, 1.54) is 22.5 Å². The molecule has 28 heavy (non-hydrogen) atoms. The number of aromatic nitrogens is 5. The number of pyridine rings is 1. The van der Waals surface area contributed by atoms with Crippen LogP contribution >= 0.6 is 0 Å². The Morgan fingerprint density at radius 3 is 2.79 bits per heavy atom. The summed E-state index contributed by atoms with van der Waals surface area (Å²) in [7, 11) is 0. The van der Waals surface area contributed by atoms with Gasteiger partial charge in [-0.25, -0.2) is 14.4 Å². The normalized spacial score (nSPS) is 20.2. The van der Waals surface area contributed by atoms with Crippen LogP contribution in [0.2, 0.25) is 0 Å². The molecule has 1 aliphatic heterocycles. The number of fused-ring (bicyclic) bond motifs is 2. The number of hydrogen-bond donors (Lipinski definition) is 1. The van der Waals surface area contributed by atoms with E-state index in [1.54, 1.807) is 12.4 Å².